The highest BCUT2D eigenvalue weighted by Crippen LogP contribution is 2.21. The zero-order chi connectivity index (χ0) is 11.8. The monoisotopic (exact) mass is 264 g/mol. The van der Waals surface area contributed by atoms with E-state index < -0.39 is 0 Å². The summed E-state index contributed by atoms with van der Waals surface area (Å²) in [5.74, 6) is 0.807. The molecule has 0 spiro atoms. The molecule has 0 saturated heterocycles. The summed E-state index contributed by atoms with van der Waals surface area (Å²) in [6.07, 6.45) is 0.729. The number of hydrogen-bond donors (Lipinski definition) is 0. The molecule has 2 aromatic heterocycles. The minimum absolute atomic E-state index is 0.729. The van der Waals surface area contributed by atoms with Crippen LogP contribution in [0, 0.1) is 6.92 Å². The van der Waals surface area contributed by atoms with Gasteiger partial charge in [-0.25, -0.2) is 0 Å². The topological polar surface area (TPSA) is 43.1 Å². The van der Waals surface area contributed by atoms with Gasteiger partial charge in [0.2, 0.25) is 4.96 Å². The van der Waals surface area contributed by atoms with Gasteiger partial charge < -0.3 is 0 Å². The summed E-state index contributed by atoms with van der Waals surface area (Å²) in [4.78, 5) is 0.824. The molecular weight excluding hydrogens is 256 g/mol. The number of halogens is 1. The van der Waals surface area contributed by atoms with Crippen LogP contribution < -0.4 is 0 Å². The van der Waals surface area contributed by atoms with Crippen LogP contribution in [-0.2, 0) is 6.42 Å². The Hall–Kier alpha value is -1.46. The fourth-order valence-electron chi connectivity index (χ4n) is 1.63. The van der Waals surface area contributed by atoms with Gasteiger partial charge in [-0.3, -0.25) is 0 Å². The Labute approximate surface area is 107 Å². The van der Waals surface area contributed by atoms with Gasteiger partial charge in [0, 0.05) is 11.4 Å². The van der Waals surface area contributed by atoms with Crippen molar-refractivity contribution >= 4 is 27.9 Å². The molecule has 3 aromatic rings. The summed E-state index contributed by atoms with van der Waals surface area (Å²) in [6.45, 7) is 1.89. The molecular formula is C11H9ClN4S. The number of hydrogen-bond acceptors (Lipinski definition) is 4. The molecule has 6 heteroatoms. The van der Waals surface area contributed by atoms with Crippen LogP contribution in [-0.4, -0.2) is 19.8 Å². The van der Waals surface area contributed by atoms with Gasteiger partial charge in [0.05, 0.1) is 0 Å². The maximum Gasteiger partial charge on any atom is 0.234 e. The Balaban J connectivity index is 1.97. The van der Waals surface area contributed by atoms with Crippen molar-refractivity contribution in [2.24, 2.45) is 0 Å². The molecule has 0 amide bonds. The lowest BCUT2D eigenvalue weighted by Gasteiger charge is -1.99. The second-order valence-electron chi connectivity index (χ2n) is 3.71. The maximum absolute atomic E-state index is 6.12. The fraction of sp³-hybridized carbons (Fsp3) is 0.182. The molecule has 0 aliphatic carbocycles. The summed E-state index contributed by atoms with van der Waals surface area (Å²) < 4.78 is 1.76. The van der Waals surface area contributed by atoms with Crippen LogP contribution >= 0.6 is 22.9 Å². The molecule has 0 N–H and O–H groups in total. The zero-order valence-electron chi connectivity index (χ0n) is 9.09. The lowest BCUT2D eigenvalue weighted by atomic mass is 10.2. The number of benzene rings is 1. The molecule has 0 fully saturated rings. The molecule has 0 bridgehead atoms. The van der Waals surface area contributed by atoms with E-state index in [4.69, 9.17) is 11.6 Å². The highest BCUT2D eigenvalue weighted by atomic mass is 35.5. The second kappa shape index (κ2) is 4.09. The number of rotatable bonds is 2. The van der Waals surface area contributed by atoms with Gasteiger partial charge in [-0.15, -0.1) is 10.2 Å². The Morgan fingerprint density at radius 2 is 2.12 bits per heavy atom. The predicted molar refractivity (Wildman–Crippen MR) is 67.7 cm³/mol. The third-order valence-corrected chi connectivity index (χ3v) is 3.76. The maximum atomic E-state index is 6.12. The molecule has 17 heavy (non-hydrogen) atoms. The highest BCUT2D eigenvalue weighted by Gasteiger charge is 2.10. The smallest absolute Gasteiger partial charge is 0.188 e. The molecule has 0 radical (unpaired) electrons. The molecule has 1 aromatic carbocycles. The van der Waals surface area contributed by atoms with Crippen molar-refractivity contribution in [3.05, 3.63) is 45.7 Å². The van der Waals surface area contributed by atoms with Crippen molar-refractivity contribution in [2.75, 3.05) is 0 Å². The molecule has 0 aliphatic heterocycles. The minimum atomic E-state index is 0.729. The highest BCUT2D eigenvalue weighted by molar-refractivity contribution is 7.16. The molecule has 0 atom stereocenters. The number of nitrogens with zero attached hydrogens (tertiary/aromatic N) is 4. The third kappa shape index (κ3) is 1.92. The van der Waals surface area contributed by atoms with E-state index in [1.54, 1.807) is 15.9 Å². The molecule has 0 aliphatic rings. The summed E-state index contributed by atoms with van der Waals surface area (Å²) >= 11 is 7.66. The first-order chi connectivity index (χ1) is 8.24. The van der Waals surface area contributed by atoms with Gasteiger partial charge in [-0.2, -0.15) is 9.61 Å². The molecule has 2 heterocycles. The van der Waals surface area contributed by atoms with Crippen molar-refractivity contribution in [3.63, 3.8) is 0 Å². The first kappa shape index (κ1) is 10.7. The molecule has 3 rings (SSSR count). The van der Waals surface area contributed by atoms with Crippen LogP contribution in [0.1, 0.15) is 16.4 Å². The van der Waals surface area contributed by atoms with Crippen molar-refractivity contribution in [3.8, 4) is 0 Å². The van der Waals surface area contributed by atoms with Gasteiger partial charge >= 0.3 is 0 Å². The number of aryl methyl sites for hydroxylation is 1. The van der Waals surface area contributed by atoms with Crippen molar-refractivity contribution < 1.29 is 0 Å². The fourth-order valence-corrected chi connectivity index (χ4v) is 2.73. The van der Waals surface area contributed by atoms with Crippen molar-refractivity contribution in [1.29, 1.82) is 0 Å². The standard InChI is InChI=1S/C11H9ClN4S/c1-7-13-14-11-16(7)15-10(17-11)6-8-4-2-3-5-9(8)12/h2-5H,6H2,1H3. The summed E-state index contributed by atoms with van der Waals surface area (Å²) in [6, 6.07) is 7.81. The van der Waals surface area contributed by atoms with Crippen molar-refractivity contribution in [1.82, 2.24) is 19.8 Å². The number of aromatic nitrogens is 4. The van der Waals surface area contributed by atoms with Gasteiger partial charge in [0.1, 0.15) is 5.01 Å². The molecule has 86 valence electrons. The summed E-state index contributed by atoms with van der Waals surface area (Å²) in [5, 5.41) is 14.2. The van der Waals surface area contributed by atoms with E-state index in [2.05, 4.69) is 15.3 Å². The summed E-state index contributed by atoms with van der Waals surface area (Å²) in [5.41, 5.74) is 1.08. The van der Waals surface area contributed by atoms with E-state index in [-0.39, 0.29) is 0 Å². The molecule has 0 saturated carbocycles. The van der Waals surface area contributed by atoms with Crippen LogP contribution in [0.15, 0.2) is 24.3 Å². The van der Waals surface area contributed by atoms with Gasteiger partial charge in [0.25, 0.3) is 0 Å². The molecule has 4 nitrogen and oxygen atoms in total. The Morgan fingerprint density at radius 1 is 1.29 bits per heavy atom. The van der Waals surface area contributed by atoms with E-state index in [1.165, 1.54) is 0 Å². The normalized spacial score (nSPS) is 11.2. The van der Waals surface area contributed by atoms with E-state index in [0.717, 1.165) is 32.8 Å². The average Bonchev–Trinajstić information content (AvgIpc) is 2.85. The summed E-state index contributed by atoms with van der Waals surface area (Å²) in [7, 11) is 0. The quantitative estimate of drug-likeness (QED) is 0.715. The lowest BCUT2D eigenvalue weighted by Crippen LogP contribution is -1.93. The Bertz CT molecular complexity index is 673. The zero-order valence-corrected chi connectivity index (χ0v) is 10.7. The van der Waals surface area contributed by atoms with Crippen LogP contribution in [0.4, 0.5) is 0 Å². The van der Waals surface area contributed by atoms with Gasteiger partial charge in [-0.05, 0) is 18.6 Å². The van der Waals surface area contributed by atoms with Crippen LogP contribution in [0.2, 0.25) is 5.02 Å². The largest absolute Gasteiger partial charge is 0.234 e. The van der Waals surface area contributed by atoms with E-state index in [0.29, 0.717) is 0 Å². The van der Waals surface area contributed by atoms with Crippen LogP contribution in [0.5, 0.6) is 0 Å². The SMILES string of the molecule is Cc1nnc2sc(Cc3ccccc3Cl)nn12. The van der Waals surface area contributed by atoms with Crippen molar-refractivity contribution in [2.45, 2.75) is 13.3 Å². The first-order valence-corrected chi connectivity index (χ1v) is 6.34. The van der Waals surface area contributed by atoms with E-state index >= 15 is 0 Å². The Morgan fingerprint density at radius 3 is 2.88 bits per heavy atom. The third-order valence-electron chi connectivity index (χ3n) is 2.49. The number of fused-ring (bicyclic) bond motifs is 1. The van der Waals surface area contributed by atoms with Gasteiger partial charge in [0.15, 0.2) is 5.82 Å². The van der Waals surface area contributed by atoms with Gasteiger partial charge in [-0.1, -0.05) is 41.1 Å². The first-order valence-electron chi connectivity index (χ1n) is 5.15. The predicted octanol–water partition coefficient (Wildman–Crippen LogP) is 2.74. The van der Waals surface area contributed by atoms with Crippen LogP contribution in [0.25, 0.3) is 4.96 Å². The molecule has 0 unspecified atom stereocenters. The van der Waals surface area contributed by atoms with E-state index in [1.807, 2.05) is 31.2 Å². The van der Waals surface area contributed by atoms with E-state index in [9.17, 15) is 0 Å². The lowest BCUT2D eigenvalue weighted by molar-refractivity contribution is 0.864. The average molecular weight is 265 g/mol. The minimum Gasteiger partial charge on any atom is -0.188 e. The van der Waals surface area contributed by atoms with Crippen LogP contribution in [0.3, 0.4) is 0 Å². The Kier molecular flexibility index (Phi) is 2.57. The second-order valence-corrected chi connectivity index (χ2v) is 5.15.